The first-order chi connectivity index (χ1) is 4.85. The normalized spacial score (nSPS) is 10.8. The number of hydrogen-bond acceptors (Lipinski definition) is 4. The minimum atomic E-state index is -0.0856. The van der Waals surface area contributed by atoms with Crippen LogP contribution in [0.4, 0.5) is 0 Å². The summed E-state index contributed by atoms with van der Waals surface area (Å²) < 4.78 is 10.5. The average molecular weight is 182 g/mol. The SMILES string of the molecule is CCOC(CSS)OCC. The topological polar surface area (TPSA) is 18.5 Å². The molecular weight excluding hydrogens is 168 g/mol. The standard InChI is InChI=1S/C6H14O2S2/c1-3-7-6(5-10-9)8-4-2/h6,9H,3-5H2,1-2H3. The van der Waals surface area contributed by atoms with Crippen LogP contribution < -0.4 is 0 Å². The maximum Gasteiger partial charge on any atom is 0.167 e. The lowest BCUT2D eigenvalue weighted by molar-refractivity contribution is -0.119. The van der Waals surface area contributed by atoms with Gasteiger partial charge in [-0.25, -0.2) is 0 Å². The van der Waals surface area contributed by atoms with Crippen molar-refractivity contribution in [1.82, 2.24) is 0 Å². The molecule has 0 bridgehead atoms. The van der Waals surface area contributed by atoms with Crippen LogP contribution in [-0.2, 0) is 9.47 Å². The Morgan fingerprint density at radius 2 is 1.80 bits per heavy atom. The van der Waals surface area contributed by atoms with Crippen LogP contribution in [0.25, 0.3) is 0 Å². The Balaban J connectivity index is 3.30. The fraction of sp³-hybridized carbons (Fsp3) is 1.00. The molecule has 0 aliphatic carbocycles. The van der Waals surface area contributed by atoms with Crippen LogP contribution in [0.1, 0.15) is 13.8 Å². The molecule has 0 radical (unpaired) electrons. The van der Waals surface area contributed by atoms with E-state index in [0.29, 0.717) is 13.2 Å². The summed E-state index contributed by atoms with van der Waals surface area (Å²) in [4.78, 5) is 0. The Bertz CT molecular complexity index is 56.5. The second-order valence-electron chi connectivity index (χ2n) is 1.64. The van der Waals surface area contributed by atoms with E-state index in [0.717, 1.165) is 5.75 Å². The third-order valence-corrected chi connectivity index (χ3v) is 1.78. The minimum Gasteiger partial charge on any atom is -0.352 e. The van der Waals surface area contributed by atoms with Crippen molar-refractivity contribution in [1.29, 1.82) is 0 Å². The van der Waals surface area contributed by atoms with E-state index in [1.807, 2.05) is 13.8 Å². The van der Waals surface area contributed by atoms with Gasteiger partial charge in [0, 0.05) is 13.2 Å². The molecule has 0 amide bonds. The lowest BCUT2D eigenvalue weighted by atomic mass is 10.7. The fourth-order valence-corrected chi connectivity index (χ4v) is 1.26. The molecule has 0 atom stereocenters. The summed E-state index contributed by atoms with van der Waals surface area (Å²) >= 11 is 4.00. The van der Waals surface area contributed by atoms with Crippen LogP contribution in [0.15, 0.2) is 0 Å². The summed E-state index contributed by atoms with van der Waals surface area (Å²) in [6, 6.07) is 0. The van der Waals surface area contributed by atoms with Crippen molar-refractivity contribution in [2.75, 3.05) is 19.0 Å². The van der Waals surface area contributed by atoms with E-state index in [1.54, 1.807) is 0 Å². The van der Waals surface area contributed by atoms with Crippen LogP contribution in [0.3, 0.4) is 0 Å². The summed E-state index contributed by atoms with van der Waals surface area (Å²) in [6.07, 6.45) is -0.0856. The molecular formula is C6H14O2S2. The summed E-state index contributed by atoms with van der Waals surface area (Å²) in [5.41, 5.74) is 0. The molecule has 0 heterocycles. The zero-order chi connectivity index (χ0) is 7.82. The van der Waals surface area contributed by atoms with Crippen molar-refractivity contribution in [2.45, 2.75) is 20.1 Å². The van der Waals surface area contributed by atoms with Gasteiger partial charge in [0.25, 0.3) is 0 Å². The highest BCUT2D eigenvalue weighted by atomic mass is 33.1. The molecule has 0 aliphatic heterocycles. The lowest BCUT2D eigenvalue weighted by Crippen LogP contribution is -2.19. The van der Waals surface area contributed by atoms with Crippen LogP contribution in [0, 0.1) is 0 Å². The Labute approximate surface area is 71.5 Å². The van der Waals surface area contributed by atoms with E-state index in [9.17, 15) is 0 Å². The molecule has 2 nitrogen and oxygen atoms in total. The average Bonchev–Trinajstić information content (AvgIpc) is 1.90. The molecule has 4 heteroatoms. The van der Waals surface area contributed by atoms with E-state index in [-0.39, 0.29) is 6.29 Å². The van der Waals surface area contributed by atoms with E-state index in [2.05, 4.69) is 11.7 Å². The van der Waals surface area contributed by atoms with E-state index in [1.165, 1.54) is 10.8 Å². The number of rotatable bonds is 6. The van der Waals surface area contributed by atoms with Gasteiger partial charge in [0.1, 0.15) is 0 Å². The first kappa shape index (κ1) is 10.6. The maximum absolute atomic E-state index is 5.23. The zero-order valence-corrected chi connectivity index (χ0v) is 8.08. The van der Waals surface area contributed by atoms with E-state index in [4.69, 9.17) is 9.47 Å². The predicted molar refractivity (Wildman–Crippen MR) is 48.5 cm³/mol. The van der Waals surface area contributed by atoms with Crippen LogP contribution in [-0.4, -0.2) is 25.3 Å². The van der Waals surface area contributed by atoms with Crippen molar-refractivity contribution in [3.05, 3.63) is 0 Å². The molecule has 0 saturated heterocycles. The van der Waals surface area contributed by atoms with E-state index < -0.39 is 0 Å². The minimum absolute atomic E-state index is 0.0856. The van der Waals surface area contributed by atoms with Crippen molar-refractivity contribution in [2.24, 2.45) is 0 Å². The molecule has 0 aromatic heterocycles. The molecule has 0 fully saturated rings. The maximum atomic E-state index is 5.23. The smallest absolute Gasteiger partial charge is 0.167 e. The molecule has 0 unspecified atom stereocenters. The fourth-order valence-electron chi connectivity index (χ4n) is 0.577. The van der Waals surface area contributed by atoms with Gasteiger partial charge in [-0.05, 0) is 13.8 Å². The Morgan fingerprint density at radius 3 is 2.10 bits per heavy atom. The number of hydrogen-bond donors (Lipinski definition) is 1. The van der Waals surface area contributed by atoms with Crippen molar-refractivity contribution in [3.8, 4) is 0 Å². The molecule has 0 aromatic carbocycles. The Kier molecular flexibility index (Phi) is 8.20. The van der Waals surface area contributed by atoms with Crippen molar-refractivity contribution >= 4 is 22.5 Å². The highest BCUT2D eigenvalue weighted by Crippen LogP contribution is 2.10. The number of thiol groups is 1. The first-order valence-corrected chi connectivity index (χ1v) is 5.38. The molecule has 62 valence electrons. The molecule has 0 rings (SSSR count). The third-order valence-electron chi connectivity index (χ3n) is 0.916. The van der Waals surface area contributed by atoms with Crippen LogP contribution in [0.2, 0.25) is 0 Å². The first-order valence-electron chi connectivity index (χ1n) is 3.34. The summed E-state index contributed by atoms with van der Waals surface area (Å²) in [5, 5.41) is 0. The number of ether oxygens (including phenoxy) is 2. The third kappa shape index (κ3) is 5.41. The largest absolute Gasteiger partial charge is 0.352 e. The van der Waals surface area contributed by atoms with Gasteiger partial charge in [0.15, 0.2) is 6.29 Å². The summed E-state index contributed by atoms with van der Waals surface area (Å²) in [6.45, 7) is 5.29. The monoisotopic (exact) mass is 182 g/mol. The van der Waals surface area contributed by atoms with Gasteiger partial charge in [0.2, 0.25) is 0 Å². The van der Waals surface area contributed by atoms with Crippen molar-refractivity contribution < 1.29 is 9.47 Å². The van der Waals surface area contributed by atoms with Crippen molar-refractivity contribution in [3.63, 3.8) is 0 Å². The van der Waals surface area contributed by atoms with Crippen LogP contribution >= 0.6 is 22.5 Å². The molecule has 10 heavy (non-hydrogen) atoms. The predicted octanol–water partition coefficient (Wildman–Crippen LogP) is 1.96. The molecule has 0 aromatic rings. The quantitative estimate of drug-likeness (QED) is 0.385. The van der Waals surface area contributed by atoms with Crippen LogP contribution in [0.5, 0.6) is 0 Å². The van der Waals surface area contributed by atoms with Gasteiger partial charge < -0.3 is 9.47 Å². The Hall–Kier alpha value is 0.620. The molecule has 0 spiro atoms. The van der Waals surface area contributed by atoms with E-state index >= 15 is 0 Å². The second kappa shape index (κ2) is 7.72. The van der Waals surface area contributed by atoms with Gasteiger partial charge in [0.05, 0.1) is 5.75 Å². The zero-order valence-electron chi connectivity index (χ0n) is 6.37. The summed E-state index contributed by atoms with van der Waals surface area (Å²) in [5.74, 6) is 0.783. The van der Waals surface area contributed by atoms with Gasteiger partial charge in [-0.1, -0.05) is 10.8 Å². The Morgan fingerprint density at radius 1 is 1.30 bits per heavy atom. The lowest BCUT2D eigenvalue weighted by Gasteiger charge is -2.14. The van der Waals surface area contributed by atoms with Gasteiger partial charge in [-0.2, -0.15) is 0 Å². The van der Waals surface area contributed by atoms with Gasteiger partial charge >= 0.3 is 0 Å². The molecule has 0 N–H and O–H groups in total. The second-order valence-corrected chi connectivity index (χ2v) is 3.00. The van der Waals surface area contributed by atoms with Gasteiger partial charge in [-0.15, -0.1) is 11.7 Å². The summed E-state index contributed by atoms with van der Waals surface area (Å²) in [7, 11) is 1.43. The van der Waals surface area contributed by atoms with Gasteiger partial charge in [-0.3, -0.25) is 0 Å². The highest BCUT2D eigenvalue weighted by Gasteiger charge is 2.05. The highest BCUT2D eigenvalue weighted by molar-refractivity contribution is 8.68. The molecule has 0 aliphatic rings. The molecule has 0 saturated carbocycles.